The lowest BCUT2D eigenvalue weighted by molar-refractivity contribution is -0.142. The molecule has 0 saturated heterocycles. The van der Waals surface area contributed by atoms with Gasteiger partial charge in [-0.1, -0.05) is 18.2 Å². The van der Waals surface area contributed by atoms with Gasteiger partial charge >= 0.3 is 12.1 Å². The Hall–Kier alpha value is -2.57. The average Bonchev–Trinajstić information content (AvgIpc) is 2.78. The number of hydrogen-bond donors (Lipinski definition) is 1. The Morgan fingerprint density at radius 2 is 1.87 bits per heavy atom. The zero-order valence-electron chi connectivity index (χ0n) is 13.2. The molecule has 1 aromatic rings. The molecule has 1 N–H and O–H groups in total. The summed E-state index contributed by atoms with van der Waals surface area (Å²) in [5.74, 6) is -1.24. The number of rotatable bonds is 6. The van der Waals surface area contributed by atoms with Crippen LogP contribution in [0.25, 0.3) is 0 Å². The predicted octanol–water partition coefficient (Wildman–Crippen LogP) is 1.43. The number of alkyl carbamates (subject to hydrolysis) is 1. The van der Waals surface area contributed by atoms with Crippen molar-refractivity contribution in [1.82, 2.24) is 5.32 Å². The Labute approximate surface area is 134 Å². The highest BCUT2D eigenvalue weighted by molar-refractivity contribution is 6.07. The molecule has 1 aromatic carbocycles. The summed E-state index contributed by atoms with van der Waals surface area (Å²) in [5, 5.41) is 2.57. The highest BCUT2D eigenvalue weighted by Gasteiger charge is 2.38. The smallest absolute Gasteiger partial charge is 0.407 e. The average molecular weight is 320 g/mol. The number of benzene rings is 1. The van der Waals surface area contributed by atoms with E-state index in [0.29, 0.717) is 5.69 Å². The Balaban J connectivity index is 2.14. The van der Waals surface area contributed by atoms with E-state index in [-0.39, 0.29) is 32.2 Å². The van der Waals surface area contributed by atoms with E-state index < -0.39 is 18.0 Å². The number of anilines is 1. The van der Waals surface area contributed by atoms with Gasteiger partial charge in [-0.15, -0.1) is 0 Å². The predicted molar refractivity (Wildman–Crippen MR) is 83.2 cm³/mol. The summed E-state index contributed by atoms with van der Waals surface area (Å²) in [7, 11) is 0. The lowest BCUT2D eigenvalue weighted by atomic mass is 10.0. The Kier molecular flexibility index (Phi) is 5.56. The number of carbonyl (C=O) groups excluding carboxylic acids is 3. The second-order valence-electron chi connectivity index (χ2n) is 4.94. The molecule has 0 fully saturated rings. The van der Waals surface area contributed by atoms with Crippen molar-refractivity contribution in [1.29, 1.82) is 0 Å². The minimum atomic E-state index is -0.568. The summed E-state index contributed by atoms with van der Waals surface area (Å²) in [4.78, 5) is 37.1. The minimum absolute atomic E-state index is 0.119. The van der Waals surface area contributed by atoms with E-state index in [9.17, 15) is 14.4 Å². The Morgan fingerprint density at radius 1 is 1.17 bits per heavy atom. The molecule has 0 spiro atoms. The third kappa shape index (κ3) is 3.80. The maximum absolute atomic E-state index is 12.6. The molecule has 23 heavy (non-hydrogen) atoms. The van der Waals surface area contributed by atoms with E-state index in [1.165, 1.54) is 4.90 Å². The van der Waals surface area contributed by atoms with Crippen LogP contribution in [0.15, 0.2) is 24.3 Å². The molecule has 0 bridgehead atoms. The number of amides is 2. The zero-order valence-corrected chi connectivity index (χ0v) is 13.2. The first-order valence-electron chi connectivity index (χ1n) is 7.55. The summed E-state index contributed by atoms with van der Waals surface area (Å²) < 4.78 is 9.71. The van der Waals surface area contributed by atoms with Crippen LogP contribution in [0, 0.1) is 0 Å². The van der Waals surface area contributed by atoms with Crippen molar-refractivity contribution in [3.05, 3.63) is 29.8 Å². The van der Waals surface area contributed by atoms with Crippen molar-refractivity contribution in [3.8, 4) is 0 Å². The number of nitrogens with one attached hydrogen (secondary N) is 1. The number of ether oxygens (including phenoxy) is 2. The molecule has 1 atom stereocenters. The van der Waals surface area contributed by atoms with Gasteiger partial charge in [0, 0.05) is 12.2 Å². The monoisotopic (exact) mass is 320 g/mol. The van der Waals surface area contributed by atoms with Crippen LogP contribution in [0.3, 0.4) is 0 Å². The first-order valence-corrected chi connectivity index (χ1v) is 7.55. The van der Waals surface area contributed by atoms with E-state index in [4.69, 9.17) is 9.47 Å². The summed E-state index contributed by atoms with van der Waals surface area (Å²) in [6.45, 7) is 3.92. The van der Waals surface area contributed by atoms with E-state index in [1.807, 2.05) is 12.1 Å². The molecule has 1 unspecified atom stereocenters. The fourth-order valence-electron chi connectivity index (χ4n) is 2.53. The molecule has 1 aliphatic rings. The third-order valence-electron chi connectivity index (χ3n) is 3.49. The van der Waals surface area contributed by atoms with Crippen LogP contribution in [0.1, 0.15) is 25.3 Å². The molecule has 0 radical (unpaired) electrons. The van der Waals surface area contributed by atoms with Gasteiger partial charge in [-0.2, -0.15) is 0 Å². The minimum Gasteiger partial charge on any atom is -0.465 e. The molecule has 0 aliphatic carbocycles. The van der Waals surface area contributed by atoms with Gasteiger partial charge < -0.3 is 19.7 Å². The second kappa shape index (κ2) is 7.62. The third-order valence-corrected chi connectivity index (χ3v) is 3.49. The summed E-state index contributed by atoms with van der Waals surface area (Å²) in [6.07, 6.45) is -0.568. The Morgan fingerprint density at radius 3 is 2.57 bits per heavy atom. The molecule has 1 heterocycles. The fourth-order valence-corrected chi connectivity index (χ4v) is 2.53. The quantitative estimate of drug-likeness (QED) is 0.801. The standard InChI is InChI=1S/C16H20N2O5/c1-3-22-14(19)10-18-13-8-6-5-7-11(13)12(15(18)20)9-17-16(21)23-4-2/h5-8,12H,3-4,9-10H2,1-2H3,(H,17,21). The van der Waals surface area contributed by atoms with Crippen LogP contribution >= 0.6 is 0 Å². The lowest BCUT2D eigenvalue weighted by Crippen LogP contribution is -2.38. The van der Waals surface area contributed by atoms with E-state index in [2.05, 4.69) is 5.32 Å². The molecule has 2 amide bonds. The maximum atomic E-state index is 12.6. The van der Waals surface area contributed by atoms with Crippen molar-refractivity contribution in [3.63, 3.8) is 0 Å². The highest BCUT2D eigenvalue weighted by Crippen LogP contribution is 2.36. The number of fused-ring (bicyclic) bond motifs is 1. The number of esters is 1. The van der Waals surface area contributed by atoms with Gasteiger partial charge in [-0.25, -0.2) is 4.79 Å². The number of carbonyl (C=O) groups is 3. The van der Waals surface area contributed by atoms with Crippen molar-refractivity contribution < 1.29 is 23.9 Å². The normalized spacial score (nSPS) is 16.0. The van der Waals surface area contributed by atoms with Crippen LogP contribution in [0.5, 0.6) is 0 Å². The first-order chi connectivity index (χ1) is 11.1. The largest absolute Gasteiger partial charge is 0.465 e. The highest BCUT2D eigenvalue weighted by atomic mass is 16.5. The Bertz CT molecular complexity index is 602. The first kappa shape index (κ1) is 16.8. The van der Waals surface area contributed by atoms with Gasteiger partial charge in [-0.3, -0.25) is 9.59 Å². The summed E-state index contributed by atoms with van der Waals surface area (Å²) >= 11 is 0. The van der Waals surface area contributed by atoms with Gasteiger partial charge in [0.05, 0.1) is 19.1 Å². The molecular formula is C16H20N2O5. The number of para-hydroxylation sites is 1. The van der Waals surface area contributed by atoms with Crippen molar-refractivity contribution in [2.75, 3.05) is 31.2 Å². The molecule has 0 aromatic heterocycles. The molecule has 124 valence electrons. The number of hydrogen-bond acceptors (Lipinski definition) is 5. The van der Waals surface area contributed by atoms with Gasteiger partial charge in [0.2, 0.25) is 5.91 Å². The van der Waals surface area contributed by atoms with Crippen LogP contribution in [0.4, 0.5) is 10.5 Å². The molecule has 7 heteroatoms. The second-order valence-corrected chi connectivity index (χ2v) is 4.94. The van der Waals surface area contributed by atoms with Gasteiger partial charge in [0.15, 0.2) is 0 Å². The maximum Gasteiger partial charge on any atom is 0.407 e. The molecule has 7 nitrogen and oxygen atoms in total. The number of nitrogens with zero attached hydrogens (tertiary/aromatic N) is 1. The zero-order chi connectivity index (χ0) is 16.8. The molecule has 2 rings (SSSR count). The van der Waals surface area contributed by atoms with Crippen LogP contribution in [-0.2, 0) is 19.1 Å². The van der Waals surface area contributed by atoms with Gasteiger partial charge in [0.1, 0.15) is 6.54 Å². The van der Waals surface area contributed by atoms with Crippen molar-refractivity contribution in [2.45, 2.75) is 19.8 Å². The topological polar surface area (TPSA) is 84.9 Å². The summed E-state index contributed by atoms with van der Waals surface area (Å²) in [6, 6.07) is 7.20. The molecule has 0 saturated carbocycles. The van der Waals surface area contributed by atoms with E-state index >= 15 is 0 Å². The summed E-state index contributed by atoms with van der Waals surface area (Å²) in [5.41, 5.74) is 1.44. The van der Waals surface area contributed by atoms with Gasteiger partial charge in [-0.05, 0) is 25.5 Å². The molecule has 1 aliphatic heterocycles. The van der Waals surface area contributed by atoms with Crippen molar-refractivity contribution in [2.24, 2.45) is 0 Å². The van der Waals surface area contributed by atoms with Gasteiger partial charge in [0.25, 0.3) is 0 Å². The van der Waals surface area contributed by atoms with Crippen LogP contribution in [-0.4, -0.2) is 44.3 Å². The lowest BCUT2D eigenvalue weighted by Gasteiger charge is -2.17. The molecular weight excluding hydrogens is 300 g/mol. The SMILES string of the molecule is CCOC(=O)CN1C(=O)C(CNC(=O)OCC)c2ccccc21. The fraction of sp³-hybridized carbons (Fsp3) is 0.438. The van der Waals surface area contributed by atoms with E-state index in [0.717, 1.165) is 5.56 Å². The van der Waals surface area contributed by atoms with Crippen LogP contribution < -0.4 is 10.2 Å². The van der Waals surface area contributed by atoms with Crippen LogP contribution in [0.2, 0.25) is 0 Å². The van der Waals surface area contributed by atoms with Crippen molar-refractivity contribution >= 4 is 23.7 Å². The van der Waals surface area contributed by atoms with E-state index in [1.54, 1.807) is 26.0 Å².